The highest BCUT2D eigenvalue weighted by molar-refractivity contribution is 5.34. The summed E-state index contributed by atoms with van der Waals surface area (Å²) >= 11 is 0. The molecular weight excluding hydrogens is 398 g/mol. The zero-order chi connectivity index (χ0) is 21.4. The molecule has 4 heterocycles. The minimum Gasteiger partial charge on any atom is -0.481 e. The number of rotatable bonds is 6. The molecule has 2 saturated heterocycles. The monoisotopic (exact) mass is 429 g/mol. The van der Waals surface area contributed by atoms with Gasteiger partial charge in [-0.1, -0.05) is 0 Å². The molecule has 4 atom stereocenters. The lowest BCUT2D eigenvalue weighted by molar-refractivity contribution is -0.0422. The van der Waals surface area contributed by atoms with Crippen LogP contribution in [0.2, 0.25) is 0 Å². The van der Waals surface area contributed by atoms with Gasteiger partial charge in [-0.2, -0.15) is 10.1 Å². The van der Waals surface area contributed by atoms with Gasteiger partial charge in [-0.05, 0) is 44.1 Å². The molecule has 168 valence electrons. The Kier molecular flexibility index (Phi) is 5.58. The third-order valence-corrected chi connectivity index (χ3v) is 7.17. The Balaban J connectivity index is 1.33. The molecule has 0 bridgehead atoms. The van der Waals surface area contributed by atoms with E-state index in [0.29, 0.717) is 23.8 Å². The second-order valence-corrected chi connectivity index (χ2v) is 8.89. The quantitative estimate of drug-likeness (QED) is 0.746. The van der Waals surface area contributed by atoms with Crippen molar-refractivity contribution in [3.63, 3.8) is 0 Å². The second-order valence-electron chi connectivity index (χ2n) is 8.89. The van der Waals surface area contributed by atoms with Crippen LogP contribution in [-0.4, -0.2) is 63.7 Å². The van der Waals surface area contributed by atoms with E-state index < -0.39 is 5.60 Å². The fourth-order valence-electron chi connectivity index (χ4n) is 5.62. The van der Waals surface area contributed by atoms with Crippen LogP contribution in [0.3, 0.4) is 0 Å². The molecule has 5 rings (SSSR count). The van der Waals surface area contributed by atoms with Crippen LogP contribution in [0.4, 0.5) is 0 Å². The van der Waals surface area contributed by atoms with E-state index in [4.69, 9.17) is 14.2 Å². The molecule has 31 heavy (non-hydrogen) atoms. The van der Waals surface area contributed by atoms with Crippen LogP contribution in [0.25, 0.3) is 0 Å². The molecule has 0 aromatic carbocycles. The molecule has 1 saturated carbocycles. The number of nitrogens with zero attached hydrogens (tertiary/aromatic N) is 5. The largest absolute Gasteiger partial charge is 0.481 e. The van der Waals surface area contributed by atoms with Crippen LogP contribution in [-0.2, 0) is 16.9 Å². The maximum absolute atomic E-state index is 11.7. The molecule has 9 nitrogen and oxygen atoms in total. The Labute approximate surface area is 182 Å². The number of methoxy groups -OCH3 is 2. The zero-order valence-corrected chi connectivity index (χ0v) is 18.2. The molecule has 1 aliphatic carbocycles. The Morgan fingerprint density at radius 3 is 2.90 bits per heavy atom. The van der Waals surface area contributed by atoms with Crippen molar-refractivity contribution in [2.24, 2.45) is 11.8 Å². The number of aromatic nitrogens is 4. The van der Waals surface area contributed by atoms with Gasteiger partial charge >= 0.3 is 6.01 Å². The van der Waals surface area contributed by atoms with Crippen LogP contribution in [0.15, 0.2) is 18.5 Å². The third-order valence-electron chi connectivity index (χ3n) is 7.17. The maximum Gasteiger partial charge on any atom is 0.319 e. The summed E-state index contributed by atoms with van der Waals surface area (Å²) in [5.74, 6) is 0.931. The average Bonchev–Trinajstić information content (AvgIpc) is 3.51. The first-order valence-corrected chi connectivity index (χ1v) is 11.2. The van der Waals surface area contributed by atoms with Gasteiger partial charge in [0.1, 0.15) is 5.60 Å². The van der Waals surface area contributed by atoms with Gasteiger partial charge in [0.05, 0.1) is 25.5 Å². The molecule has 3 aliphatic rings. The van der Waals surface area contributed by atoms with Crippen molar-refractivity contribution in [3.05, 3.63) is 29.7 Å². The molecule has 0 amide bonds. The molecule has 2 aromatic rings. The van der Waals surface area contributed by atoms with Crippen molar-refractivity contribution in [2.45, 2.75) is 50.5 Å². The van der Waals surface area contributed by atoms with Gasteiger partial charge in [-0.25, -0.2) is 9.67 Å². The van der Waals surface area contributed by atoms with Gasteiger partial charge in [0, 0.05) is 44.6 Å². The summed E-state index contributed by atoms with van der Waals surface area (Å²) in [6, 6.07) is 2.32. The highest BCUT2D eigenvalue weighted by Gasteiger charge is 2.54. The molecule has 0 radical (unpaired) electrons. The molecule has 3 fully saturated rings. The van der Waals surface area contributed by atoms with E-state index in [-0.39, 0.29) is 18.2 Å². The van der Waals surface area contributed by atoms with E-state index in [1.54, 1.807) is 13.3 Å². The number of likely N-dealkylation sites (tertiary alicyclic amines) is 1. The maximum atomic E-state index is 11.7. The first kappa shape index (κ1) is 20.7. The Bertz CT molecular complexity index is 915. The Morgan fingerprint density at radius 1 is 1.23 bits per heavy atom. The highest BCUT2D eigenvalue weighted by Crippen LogP contribution is 2.52. The third kappa shape index (κ3) is 3.68. The number of aliphatic hydroxyl groups is 1. The standard InChI is InChI=1S/C22H31N5O4/c1-29-20-17(11-23-21(25-20)30-2)22(28)8-6-15-12-26(14-18(15)22)13-16-7-9-24-27(16)19-5-3-4-10-31-19/h7,9,11,15,18-19,28H,3-6,8,10,12-14H2,1-2H3/t15-,18+,19?,22+/m0/s1. The predicted octanol–water partition coefficient (Wildman–Crippen LogP) is 2.12. The highest BCUT2D eigenvalue weighted by atomic mass is 16.5. The lowest BCUT2D eigenvalue weighted by Gasteiger charge is -2.31. The smallest absolute Gasteiger partial charge is 0.319 e. The summed E-state index contributed by atoms with van der Waals surface area (Å²) in [5.41, 5.74) is 0.829. The van der Waals surface area contributed by atoms with Crippen molar-refractivity contribution in [1.29, 1.82) is 0 Å². The molecular formula is C22H31N5O4. The summed E-state index contributed by atoms with van der Waals surface area (Å²) in [7, 11) is 3.09. The van der Waals surface area contributed by atoms with Crippen molar-refractivity contribution >= 4 is 0 Å². The summed E-state index contributed by atoms with van der Waals surface area (Å²) in [6.45, 7) is 3.38. The minimum absolute atomic E-state index is 0.0403. The van der Waals surface area contributed by atoms with E-state index in [1.807, 2.05) is 10.9 Å². The van der Waals surface area contributed by atoms with Gasteiger partial charge in [0.2, 0.25) is 5.88 Å². The first-order chi connectivity index (χ1) is 15.1. The van der Waals surface area contributed by atoms with E-state index in [9.17, 15) is 5.11 Å². The van der Waals surface area contributed by atoms with Crippen LogP contribution < -0.4 is 9.47 Å². The van der Waals surface area contributed by atoms with Crippen LogP contribution in [0.5, 0.6) is 11.9 Å². The fraction of sp³-hybridized carbons (Fsp3) is 0.682. The van der Waals surface area contributed by atoms with Gasteiger partial charge in [-0.3, -0.25) is 4.90 Å². The lowest BCUT2D eigenvalue weighted by Crippen LogP contribution is -2.35. The molecule has 1 N–H and O–H groups in total. The van der Waals surface area contributed by atoms with E-state index in [0.717, 1.165) is 45.5 Å². The van der Waals surface area contributed by atoms with E-state index in [2.05, 4.69) is 26.0 Å². The Hall–Kier alpha value is -2.23. The van der Waals surface area contributed by atoms with Crippen molar-refractivity contribution in [3.8, 4) is 11.9 Å². The molecule has 2 aliphatic heterocycles. The molecule has 0 spiro atoms. The van der Waals surface area contributed by atoms with Crippen LogP contribution in [0, 0.1) is 11.8 Å². The number of ether oxygens (including phenoxy) is 3. The van der Waals surface area contributed by atoms with E-state index >= 15 is 0 Å². The minimum atomic E-state index is -0.996. The number of hydrogen-bond donors (Lipinski definition) is 1. The SMILES string of the molecule is COc1ncc([C@]2(O)CC[C@H]3CN(Cc4ccnn4C4CCCCO4)C[C@H]32)c(OC)n1. The van der Waals surface area contributed by atoms with Crippen molar-refractivity contribution in [2.75, 3.05) is 33.9 Å². The van der Waals surface area contributed by atoms with Gasteiger partial charge in [-0.15, -0.1) is 0 Å². The number of hydrogen-bond acceptors (Lipinski definition) is 8. The van der Waals surface area contributed by atoms with E-state index in [1.165, 1.54) is 19.2 Å². The van der Waals surface area contributed by atoms with Crippen molar-refractivity contribution < 1.29 is 19.3 Å². The van der Waals surface area contributed by atoms with Gasteiger partial charge < -0.3 is 19.3 Å². The fourth-order valence-corrected chi connectivity index (χ4v) is 5.62. The summed E-state index contributed by atoms with van der Waals surface area (Å²) in [5, 5.41) is 16.3. The predicted molar refractivity (Wildman–Crippen MR) is 112 cm³/mol. The molecule has 2 aromatic heterocycles. The summed E-state index contributed by atoms with van der Waals surface area (Å²) in [6.07, 6.45) is 8.53. The average molecular weight is 430 g/mol. The normalized spacial score (nSPS) is 31.0. The first-order valence-electron chi connectivity index (χ1n) is 11.2. The Morgan fingerprint density at radius 2 is 2.13 bits per heavy atom. The summed E-state index contributed by atoms with van der Waals surface area (Å²) in [4.78, 5) is 11.0. The lowest BCUT2D eigenvalue weighted by atomic mass is 9.83. The zero-order valence-electron chi connectivity index (χ0n) is 18.2. The number of fused-ring (bicyclic) bond motifs is 1. The summed E-state index contributed by atoms with van der Waals surface area (Å²) < 4.78 is 18.6. The van der Waals surface area contributed by atoms with Crippen LogP contribution in [0.1, 0.15) is 49.6 Å². The van der Waals surface area contributed by atoms with Crippen molar-refractivity contribution in [1.82, 2.24) is 24.6 Å². The molecule has 1 unspecified atom stereocenters. The van der Waals surface area contributed by atoms with Crippen LogP contribution >= 0.6 is 0 Å². The topological polar surface area (TPSA) is 94.8 Å². The van der Waals surface area contributed by atoms with Gasteiger partial charge in [0.15, 0.2) is 6.23 Å². The van der Waals surface area contributed by atoms with Gasteiger partial charge in [0.25, 0.3) is 0 Å². The second kappa shape index (κ2) is 8.37. The molecule has 9 heteroatoms.